The molecular weight excluding hydrogens is 266 g/mol. The summed E-state index contributed by atoms with van der Waals surface area (Å²) >= 11 is 0. The molecule has 0 saturated carbocycles. The van der Waals surface area contributed by atoms with Gasteiger partial charge in [0.2, 0.25) is 6.79 Å². The Balaban J connectivity index is 2.25. The van der Waals surface area contributed by atoms with Crippen molar-refractivity contribution >= 4 is 17.6 Å². The van der Waals surface area contributed by atoms with Crippen LogP contribution in [0.15, 0.2) is 18.2 Å². The number of hydrogen-bond donors (Lipinski definition) is 2. The molecule has 0 aromatic heterocycles. The lowest BCUT2D eigenvalue weighted by molar-refractivity contribution is -0.139. The monoisotopic (exact) mass is 281 g/mol. The summed E-state index contributed by atoms with van der Waals surface area (Å²) in [4.78, 5) is 23.4. The molecule has 2 rings (SSSR count). The molecule has 0 saturated heterocycles. The maximum atomic E-state index is 11.1. The number of hydrogen-bond acceptors (Lipinski definition) is 5. The molecule has 1 aliphatic rings. The Morgan fingerprint density at radius 3 is 2.65 bits per heavy atom. The Bertz CT molecular complexity index is 530. The number of carboxylic acids is 2. The molecule has 7 nitrogen and oxygen atoms in total. The van der Waals surface area contributed by atoms with E-state index >= 15 is 0 Å². The van der Waals surface area contributed by atoms with Gasteiger partial charge < -0.3 is 24.6 Å². The van der Waals surface area contributed by atoms with Gasteiger partial charge in [-0.05, 0) is 19.1 Å². The Kier molecular flexibility index (Phi) is 3.97. The van der Waals surface area contributed by atoms with E-state index in [2.05, 4.69) is 0 Å². The summed E-state index contributed by atoms with van der Waals surface area (Å²) in [6.07, 6.45) is -0.147. The first kappa shape index (κ1) is 14.0. The van der Waals surface area contributed by atoms with Gasteiger partial charge in [0.05, 0.1) is 6.42 Å². The number of rotatable bonds is 6. The summed E-state index contributed by atoms with van der Waals surface area (Å²) in [5, 5.41) is 17.9. The average Bonchev–Trinajstić information content (AvgIpc) is 2.85. The quantitative estimate of drug-likeness (QED) is 0.807. The highest BCUT2D eigenvalue weighted by Crippen LogP contribution is 2.36. The Morgan fingerprint density at radius 2 is 2.00 bits per heavy atom. The summed E-state index contributed by atoms with van der Waals surface area (Å²) in [6, 6.07) is 4.19. The van der Waals surface area contributed by atoms with E-state index in [-0.39, 0.29) is 19.8 Å². The standard InChI is InChI=1S/C13H15NO6/c1-8(13(17)18)14(5-4-12(15)16)9-2-3-10-11(6-9)20-7-19-10/h2-3,6,8H,4-5,7H2,1H3,(H,15,16)(H,17,18). The number of carboxylic acid groups (broad SMARTS) is 2. The Labute approximate surface area is 115 Å². The predicted molar refractivity (Wildman–Crippen MR) is 69.3 cm³/mol. The van der Waals surface area contributed by atoms with E-state index in [0.29, 0.717) is 17.2 Å². The minimum absolute atomic E-state index is 0.0996. The van der Waals surface area contributed by atoms with Gasteiger partial charge in [-0.3, -0.25) is 4.79 Å². The number of nitrogens with zero attached hydrogens (tertiary/aromatic N) is 1. The van der Waals surface area contributed by atoms with Crippen molar-refractivity contribution < 1.29 is 29.3 Å². The van der Waals surface area contributed by atoms with Gasteiger partial charge in [-0.2, -0.15) is 0 Å². The molecule has 0 spiro atoms. The molecule has 1 atom stereocenters. The zero-order valence-corrected chi connectivity index (χ0v) is 10.9. The number of benzene rings is 1. The molecule has 1 heterocycles. The lowest BCUT2D eigenvalue weighted by Gasteiger charge is -2.28. The second-order valence-corrected chi connectivity index (χ2v) is 4.39. The average molecular weight is 281 g/mol. The fraction of sp³-hybridized carbons (Fsp3) is 0.385. The summed E-state index contributed by atoms with van der Waals surface area (Å²) in [6.45, 7) is 1.74. The first-order valence-electron chi connectivity index (χ1n) is 6.10. The fourth-order valence-corrected chi connectivity index (χ4v) is 1.96. The Hall–Kier alpha value is -2.44. The SMILES string of the molecule is CC(C(=O)O)N(CCC(=O)O)c1ccc2c(c1)OCO2. The molecule has 0 aliphatic carbocycles. The van der Waals surface area contributed by atoms with Crippen LogP contribution in [0, 0.1) is 0 Å². The van der Waals surface area contributed by atoms with E-state index in [1.807, 2.05) is 0 Å². The highest BCUT2D eigenvalue weighted by Gasteiger charge is 2.24. The van der Waals surface area contributed by atoms with Crippen LogP contribution in [0.1, 0.15) is 13.3 Å². The van der Waals surface area contributed by atoms with Crippen molar-refractivity contribution in [3.8, 4) is 11.5 Å². The molecule has 108 valence electrons. The maximum Gasteiger partial charge on any atom is 0.326 e. The third-order valence-corrected chi connectivity index (χ3v) is 3.08. The minimum Gasteiger partial charge on any atom is -0.481 e. The molecule has 0 amide bonds. The first-order valence-corrected chi connectivity index (χ1v) is 6.10. The third-order valence-electron chi connectivity index (χ3n) is 3.08. The van der Waals surface area contributed by atoms with E-state index in [0.717, 1.165) is 0 Å². The van der Waals surface area contributed by atoms with Crippen LogP contribution in [0.5, 0.6) is 11.5 Å². The van der Waals surface area contributed by atoms with E-state index in [1.54, 1.807) is 18.2 Å². The van der Waals surface area contributed by atoms with Gasteiger partial charge >= 0.3 is 11.9 Å². The minimum atomic E-state index is -1.02. The summed E-state index contributed by atoms with van der Waals surface area (Å²) in [5.74, 6) is -0.878. The van der Waals surface area contributed by atoms with Gasteiger partial charge in [-0.1, -0.05) is 0 Å². The summed E-state index contributed by atoms with van der Waals surface area (Å²) < 4.78 is 10.4. The molecule has 7 heteroatoms. The van der Waals surface area contributed by atoms with Crippen molar-refractivity contribution in [3.63, 3.8) is 0 Å². The summed E-state index contributed by atoms with van der Waals surface area (Å²) in [5.41, 5.74) is 0.588. The zero-order valence-electron chi connectivity index (χ0n) is 10.9. The smallest absolute Gasteiger partial charge is 0.326 e. The third kappa shape index (κ3) is 2.93. The predicted octanol–water partition coefficient (Wildman–Crippen LogP) is 1.17. The topological polar surface area (TPSA) is 96.3 Å². The van der Waals surface area contributed by atoms with Crippen molar-refractivity contribution in [3.05, 3.63) is 18.2 Å². The second-order valence-electron chi connectivity index (χ2n) is 4.39. The highest BCUT2D eigenvalue weighted by molar-refractivity contribution is 5.78. The van der Waals surface area contributed by atoms with E-state index in [1.165, 1.54) is 11.8 Å². The number of ether oxygens (including phenoxy) is 2. The van der Waals surface area contributed by atoms with E-state index < -0.39 is 18.0 Å². The van der Waals surface area contributed by atoms with Crippen molar-refractivity contribution in [2.45, 2.75) is 19.4 Å². The van der Waals surface area contributed by atoms with Crippen LogP contribution in [0.25, 0.3) is 0 Å². The normalized spacial score (nSPS) is 13.8. The van der Waals surface area contributed by atoms with Gasteiger partial charge in [0, 0.05) is 18.3 Å². The number of fused-ring (bicyclic) bond motifs is 1. The molecule has 0 fully saturated rings. The fourth-order valence-electron chi connectivity index (χ4n) is 1.96. The van der Waals surface area contributed by atoms with Crippen molar-refractivity contribution in [2.24, 2.45) is 0 Å². The molecule has 0 bridgehead atoms. The molecule has 2 N–H and O–H groups in total. The van der Waals surface area contributed by atoms with E-state index in [4.69, 9.17) is 19.7 Å². The van der Waals surface area contributed by atoms with Crippen LogP contribution < -0.4 is 14.4 Å². The van der Waals surface area contributed by atoms with Crippen LogP contribution in [0.4, 0.5) is 5.69 Å². The van der Waals surface area contributed by atoms with Crippen molar-refractivity contribution in [1.29, 1.82) is 0 Å². The van der Waals surface area contributed by atoms with Gasteiger partial charge in [-0.25, -0.2) is 4.79 Å². The molecular formula is C13H15NO6. The molecule has 1 unspecified atom stereocenters. The van der Waals surface area contributed by atoms with Crippen molar-refractivity contribution in [1.82, 2.24) is 0 Å². The Morgan fingerprint density at radius 1 is 1.30 bits per heavy atom. The molecule has 1 aromatic carbocycles. The number of carbonyl (C=O) groups is 2. The van der Waals surface area contributed by atoms with Crippen LogP contribution in [0.2, 0.25) is 0 Å². The van der Waals surface area contributed by atoms with Gasteiger partial charge in [0.15, 0.2) is 11.5 Å². The van der Waals surface area contributed by atoms with Crippen LogP contribution in [-0.4, -0.2) is 41.5 Å². The molecule has 20 heavy (non-hydrogen) atoms. The van der Waals surface area contributed by atoms with Gasteiger partial charge in [0.1, 0.15) is 6.04 Å². The van der Waals surface area contributed by atoms with Crippen LogP contribution in [-0.2, 0) is 9.59 Å². The molecule has 0 radical (unpaired) electrons. The zero-order chi connectivity index (χ0) is 14.7. The summed E-state index contributed by atoms with van der Waals surface area (Å²) in [7, 11) is 0. The van der Waals surface area contributed by atoms with E-state index in [9.17, 15) is 9.59 Å². The van der Waals surface area contributed by atoms with Crippen LogP contribution in [0.3, 0.4) is 0 Å². The van der Waals surface area contributed by atoms with Crippen molar-refractivity contribution in [2.75, 3.05) is 18.2 Å². The largest absolute Gasteiger partial charge is 0.481 e. The second kappa shape index (κ2) is 5.68. The highest BCUT2D eigenvalue weighted by atomic mass is 16.7. The van der Waals surface area contributed by atoms with Crippen LogP contribution >= 0.6 is 0 Å². The number of anilines is 1. The number of aliphatic carboxylic acids is 2. The lowest BCUT2D eigenvalue weighted by atomic mass is 10.2. The molecule has 1 aliphatic heterocycles. The maximum absolute atomic E-state index is 11.1. The molecule has 1 aromatic rings. The lowest BCUT2D eigenvalue weighted by Crippen LogP contribution is -2.40. The first-order chi connectivity index (χ1) is 9.49. The van der Waals surface area contributed by atoms with Gasteiger partial charge in [0.25, 0.3) is 0 Å². The van der Waals surface area contributed by atoms with Gasteiger partial charge in [-0.15, -0.1) is 0 Å².